The molecule has 7 heteroatoms. The first-order valence-electron chi connectivity index (χ1n) is 9.03. The van der Waals surface area contributed by atoms with Crippen molar-refractivity contribution in [1.82, 2.24) is 19.9 Å². The first-order chi connectivity index (χ1) is 14.1. The molecule has 6 nitrogen and oxygen atoms in total. The van der Waals surface area contributed by atoms with Gasteiger partial charge in [0.25, 0.3) is 0 Å². The molecule has 2 heterocycles. The first kappa shape index (κ1) is 18.8. The van der Waals surface area contributed by atoms with Crippen LogP contribution in [0.1, 0.15) is 5.56 Å². The second-order valence-electron chi connectivity index (χ2n) is 6.49. The van der Waals surface area contributed by atoms with Crippen molar-refractivity contribution in [2.75, 3.05) is 0 Å². The standard InChI is InChI=1S/C22H17ClN4O2/c23-17-6-7-19-18(12-17)21(16-4-2-1-3-5-16)26-22(29)27(19)14-20(28)25-13-15-8-10-24-11-9-15/h1-12H,13-14H2,(H,25,28). The highest BCUT2D eigenvalue weighted by molar-refractivity contribution is 6.31. The van der Waals surface area contributed by atoms with E-state index in [1.54, 1.807) is 30.6 Å². The van der Waals surface area contributed by atoms with Crippen molar-refractivity contribution in [3.8, 4) is 11.3 Å². The fourth-order valence-electron chi connectivity index (χ4n) is 3.12. The summed E-state index contributed by atoms with van der Waals surface area (Å²) in [6, 6.07) is 18.3. The van der Waals surface area contributed by atoms with E-state index in [0.717, 1.165) is 11.1 Å². The topological polar surface area (TPSA) is 76.9 Å². The number of halogens is 1. The maximum atomic E-state index is 12.8. The minimum Gasteiger partial charge on any atom is -0.350 e. The maximum absolute atomic E-state index is 12.8. The van der Waals surface area contributed by atoms with Crippen LogP contribution >= 0.6 is 11.6 Å². The second-order valence-corrected chi connectivity index (χ2v) is 6.93. The third kappa shape index (κ3) is 4.17. The lowest BCUT2D eigenvalue weighted by atomic mass is 10.1. The number of amides is 1. The minimum absolute atomic E-state index is 0.135. The summed E-state index contributed by atoms with van der Waals surface area (Å²) >= 11 is 6.19. The number of hydrogen-bond acceptors (Lipinski definition) is 4. The average Bonchev–Trinajstić information content (AvgIpc) is 2.75. The van der Waals surface area contributed by atoms with Crippen molar-refractivity contribution in [3.05, 3.63) is 94.1 Å². The zero-order valence-corrected chi connectivity index (χ0v) is 16.1. The number of nitrogens with one attached hydrogen (secondary N) is 1. The SMILES string of the molecule is O=C(Cn1c(=O)nc(-c2ccccc2)c2cc(Cl)ccc21)NCc1ccncc1. The van der Waals surface area contributed by atoms with E-state index in [9.17, 15) is 9.59 Å². The summed E-state index contributed by atoms with van der Waals surface area (Å²) in [5.74, 6) is -0.283. The number of pyridine rings is 1. The van der Waals surface area contributed by atoms with Gasteiger partial charge in [-0.1, -0.05) is 41.9 Å². The van der Waals surface area contributed by atoms with Gasteiger partial charge in [-0.05, 0) is 35.9 Å². The molecule has 0 aliphatic rings. The number of aromatic nitrogens is 3. The molecule has 0 unspecified atom stereocenters. The molecule has 0 atom stereocenters. The fraction of sp³-hybridized carbons (Fsp3) is 0.0909. The number of carbonyl (C=O) groups excluding carboxylic acids is 1. The Morgan fingerprint density at radius 1 is 1.03 bits per heavy atom. The summed E-state index contributed by atoms with van der Waals surface area (Å²) in [7, 11) is 0. The number of rotatable bonds is 5. The molecule has 0 aliphatic heterocycles. The van der Waals surface area contributed by atoms with Crippen molar-refractivity contribution in [2.45, 2.75) is 13.1 Å². The summed E-state index contributed by atoms with van der Waals surface area (Å²) in [4.78, 5) is 33.4. The van der Waals surface area contributed by atoms with Gasteiger partial charge in [0.05, 0.1) is 11.2 Å². The third-order valence-corrected chi connectivity index (χ3v) is 4.77. The lowest BCUT2D eigenvalue weighted by Crippen LogP contribution is -2.33. The highest BCUT2D eigenvalue weighted by atomic mass is 35.5. The molecule has 0 spiro atoms. The van der Waals surface area contributed by atoms with E-state index in [-0.39, 0.29) is 12.5 Å². The summed E-state index contributed by atoms with van der Waals surface area (Å²) in [5, 5.41) is 4.06. The molecule has 2 aromatic heterocycles. The summed E-state index contributed by atoms with van der Waals surface area (Å²) in [6.07, 6.45) is 3.32. The van der Waals surface area contributed by atoms with Gasteiger partial charge in [-0.25, -0.2) is 4.79 Å². The van der Waals surface area contributed by atoms with Gasteiger partial charge in [0.2, 0.25) is 5.91 Å². The number of nitrogens with zero attached hydrogens (tertiary/aromatic N) is 3. The molecule has 29 heavy (non-hydrogen) atoms. The smallest absolute Gasteiger partial charge is 0.349 e. The average molecular weight is 405 g/mol. The Labute approximate surface area is 171 Å². The van der Waals surface area contributed by atoms with Crippen LogP contribution in [0.2, 0.25) is 5.02 Å². The molecule has 1 amide bonds. The minimum atomic E-state index is -0.488. The van der Waals surface area contributed by atoms with Gasteiger partial charge in [-0.3, -0.25) is 14.3 Å². The van der Waals surface area contributed by atoms with Crippen molar-refractivity contribution in [1.29, 1.82) is 0 Å². The fourth-order valence-corrected chi connectivity index (χ4v) is 3.29. The van der Waals surface area contributed by atoms with Crippen molar-refractivity contribution in [2.24, 2.45) is 0 Å². The lowest BCUT2D eigenvalue weighted by molar-refractivity contribution is -0.121. The summed E-state index contributed by atoms with van der Waals surface area (Å²) in [6.45, 7) is 0.222. The zero-order valence-electron chi connectivity index (χ0n) is 15.4. The van der Waals surface area contributed by atoms with Gasteiger partial charge in [0.1, 0.15) is 6.54 Å². The Bertz CT molecular complexity index is 1220. The Kier molecular flexibility index (Phi) is 5.35. The van der Waals surface area contributed by atoms with E-state index < -0.39 is 5.69 Å². The molecule has 4 aromatic rings. The molecule has 1 N–H and O–H groups in total. The number of carbonyl (C=O) groups is 1. The number of fused-ring (bicyclic) bond motifs is 1. The van der Waals surface area contributed by atoms with Gasteiger partial charge < -0.3 is 5.32 Å². The third-order valence-electron chi connectivity index (χ3n) is 4.53. The van der Waals surface area contributed by atoms with Crippen LogP contribution in [0.5, 0.6) is 0 Å². The van der Waals surface area contributed by atoms with E-state index in [4.69, 9.17) is 11.6 Å². The molecular formula is C22H17ClN4O2. The highest BCUT2D eigenvalue weighted by Crippen LogP contribution is 2.27. The Hall–Kier alpha value is -3.51. The van der Waals surface area contributed by atoms with Crippen LogP contribution in [-0.4, -0.2) is 20.4 Å². The Morgan fingerprint density at radius 3 is 2.55 bits per heavy atom. The molecule has 0 fully saturated rings. The van der Waals surface area contributed by atoms with Gasteiger partial charge in [0, 0.05) is 34.9 Å². The molecule has 0 saturated heterocycles. The Balaban J connectivity index is 1.69. The largest absolute Gasteiger partial charge is 0.350 e. The van der Waals surface area contributed by atoms with E-state index in [1.165, 1.54) is 4.57 Å². The van der Waals surface area contributed by atoms with E-state index >= 15 is 0 Å². The molecule has 2 aromatic carbocycles. The maximum Gasteiger partial charge on any atom is 0.349 e. The quantitative estimate of drug-likeness (QED) is 0.553. The van der Waals surface area contributed by atoms with Crippen LogP contribution in [0, 0.1) is 0 Å². The number of hydrogen-bond donors (Lipinski definition) is 1. The predicted molar refractivity (Wildman–Crippen MR) is 113 cm³/mol. The summed E-state index contributed by atoms with van der Waals surface area (Å²) in [5.41, 5.74) is 2.40. The molecule has 4 rings (SSSR count). The lowest BCUT2D eigenvalue weighted by Gasteiger charge is -2.13. The molecular weight excluding hydrogens is 388 g/mol. The van der Waals surface area contributed by atoms with Crippen molar-refractivity contribution >= 4 is 28.4 Å². The molecule has 0 saturated carbocycles. The van der Waals surface area contributed by atoms with Gasteiger partial charge in [0.15, 0.2) is 0 Å². The van der Waals surface area contributed by atoms with Crippen molar-refractivity contribution in [3.63, 3.8) is 0 Å². The Morgan fingerprint density at radius 2 is 1.79 bits per heavy atom. The zero-order chi connectivity index (χ0) is 20.2. The molecule has 0 radical (unpaired) electrons. The van der Waals surface area contributed by atoms with E-state index in [0.29, 0.717) is 28.2 Å². The molecule has 0 aliphatic carbocycles. The second kappa shape index (κ2) is 8.24. The van der Waals surface area contributed by atoms with Gasteiger partial charge in [-0.2, -0.15) is 4.98 Å². The van der Waals surface area contributed by atoms with Crippen LogP contribution in [0.15, 0.2) is 77.9 Å². The highest BCUT2D eigenvalue weighted by Gasteiger charge is 2.15. The van der Waals surface area contributed by atoms with Gasteiger partial charge in [-0.15, -0.1) is 0 Å². The normalized spacial score (nSPS) is 10.8. The predicted octanol–water partition coefficient (Wildman–Crippen LogP) is 3.43. The molecule has 144 valence electrons. The van der Waals surface area contributed by atoms with Crippen LogP contribution < -0.4 is 11.0 Å². The van der Waals surface area contributed by atoms with E-state index in [1.807, 2.05) is 42.5 Å². The van der Waals surface area contributed by atoms with Gasteiger partial charge >= 0.3 is 5.69 Å². The monoisotopic (exact) mass is 404 g/mol. The van der Waals surface area contributed by atoms with Crippen LogP contribution in [0.25, 0.3) is 22.2 Å². The first-order valence-corrected chi connectivity index (χ1v) is 9.41. The number of benzene rings is 2. The van der Waals surface area contributed by atoms with Crippen LogP contribution in [0.4, 0.5) is 0 Å². The molecule has 0 bridgehead atoms. The van der Waals surface area contributed by atoms with E-state index in [2.05, 4.69) is 15.3 Å². The summed E-state index contributed by atoms with van der Waals surface area (Å²) < 4.78 is 1.36. The van der Waals surface area contributed by atoms with Crippen molar-refractivity contribution < 1.29 is 4.79 Å². The van der Waals surface area contributed by atoms with Crippen LogP contribution in [0.3, 0.4) is 0 Å². The van der Waals surface area contributed by atoms with Crippen LogP contribution in [-0.2, 0) is 17.9 Å².